The van der Waals surface area contributed by atoms with E-state index in [0.717, 1.165) is 50.0 Å². The maximum atomic E-state index is 12.7. The van der Waals surface area contributed by atoms with E-state index in [-0.39, 0.29) is 28.7 Å². The van der Waals surface area contributed by atoms with Gasteiger partial charge in [-0.3, -0.25) is 4.79 Å². The summed E-state index contributed by atoms with van der Waals surface area (Å²) in [4.78, 5) is 51.0. The lowest BCUT2D eigenvalue weighted by molar-refractivity contribution is 0.0512. The van der Waals surface area contributed by atoms with Crippen LogP contribution in [0.25, 0.3) is 44.1 Å². The average Bonchev–Trinajstić information content (AvgIpc) is 3.89. The normalized spacial score (nSPS) is 14.8. The number of esters is 2. The van der Waals surface area contributed by atoms with Gasteiger partial charge in [-0.2, -0.15) is 0 Å². The van der Waals surface area contributed by atoms with Crippen LogP contribution in [0.3, 0.4) is 0 Å². The van der Waals surface area contributed by atoms with Crippen LogP contribution in [0.4, 0.5) is 0 Å². The van der Waals surface area contributed by atoms with E-state index in [4.69, 9.17) is 23.7 Å². The molecule has 2 aromatic carbocycles. The van der Waals surface area contributed by atoms with Crippen molar-refractivity contribution in [2.75, 3.05) is 33.5 Å². The first-order valence-corrected chi connectivity index (χ1v) is 17.6. The Morgan fingerprint density at radius 2 is 1.26 bits per heavy atom. The zero-order valence-corrected chi connectivity index (χ0v) is 30.8. The molecule has 274 valence electrons. The van der Waals surface area contributed by atoms with Crippen molar-refractivity contribution in [2.24, 2.45) is 0 Å². The van der Waals surface area contributed by atoms with E-state index in [1.165, 1.54) is 0 Å². The molecule has 0 saturated heterocycles. The SMILES string of the molecule is CCOC(=O)c1[nH]c2ccc3c(c2c1-c1ccc[nH]c1=O)OCC3(C)C.CCOC(=O)c1[nH]c2ccc3c(c2c1-c1cccnc1OC)OCC3(C)C. The molecule has 6 heterocycles. The Hall–Kier alpha value is -6.04. The van der Waals surface area contributed by atoms with Gasteiger partial charge >= 0.3 is 11.9 Å². The van der Waals surface area contributed by atoms with E-state index >= 15 is 0 Å². The summed E-state index contributed by atoms with van der Waals surface area (Å²) < 4.78 is 28.0. The minimum atomic E-state index is -0.493. The van der Waals surface area contributed by atoms with Crippen molar-refractivity contribution in [1.82, 2.24) is 19.9 Å². The van der Waals surface area contributed by atoms with Crippen LogP contribution in [0.5, 0.6) is 17.4 Å². The maximum Gasteiger partial charge on any atom is 0.355 e. The van der Waals surface area contributed by atoms with Crippen LogP contribution in [0.2, 0.25) is 0 Å². The van der Waals surface area contributed by atoms with Crippen LogP contribution >= 0.6 is 0 Å². The van der Waals surface area contributed by atoms with Crippen LogP contribution in [0.1, 0.15) is 73.6 Å². The van der Waals surface area contributed by atoms with Gasteiger partial charge in [0.2, 0.25) is 5.88 Å². The fraction of sp³-hybridized carbons (Fsp3) is 0.317. The zero-order valence-electron chi connectivity index (χ0n) is 30.8. The molecule has 12 heteroatoms. The van der Waals surface area contributed by atoms with Gasteiger partial charge in [0, 0.05) is 51.0 Å². The van der Waals surface area contributed by atoms with E-state index < -0.39 is 11.9 Å². The first-order valence-electron chi connectivity index (χ1n) is 17.6. The van der Waals surface area contributed by atoms with Crippen molar-refractivity contribution >= 4 is 33.7 Å². The summed E-state index contributed by atoms with van der Waals surface area (Å²) >= 11 is 0. The Balaban J connectivity index is 0.000000164. The molecule has 12 nitrogen and oxygen atoms in total. The third kappa shape index (κ3) is 5.97. The molecule has 0 saturated carbocycles. The highest BCUT2D eigenvalue weighted by atomic mass is 16.5. The minimum Gasteiger partial charge on any atom is -0.492 e. The number of aromatic nitrogens is 4. The number of benzene rings is 2. The summed E-state index contributed by atoms with van der Waals surface area (Å²) in [7, 11) is 1.56. The molecular formula is C41H42N4O8. The highest BCUT2D eigenvalue weighted by Gasteiger charge is 2.37. The number of methoxy groups -OCH3 is 1. The highest BCUT2D eigenvalue weighted by molar-refractivity contribution is 6.12. The Labute approximate surface area is 305 Å². The van der Waals surface area contributed by atoms with Gasteiger partial charge in [0.05, 0.1) is 60.9 Å². The molecule has 2 aliphatic heterocycles. The maximum absolute atomic E-state index is 12.7. The molecule has 0 unspecified atom stereocenters. The summed E-state index contributed by atoms with van der Waals surface area (Å²) in [6, 6.07) is 15.1. The lowest BCUT2D eigenvalue weighted by Crippen LogP contribution is -2.18. The topological polar surface area (TPSA) is 158 Å². The second-order valence-electron chi connectivity index (χ2n) is 14.2. The molecule has 53 heavy (non-hydrogen) atoms. The van der Waals surface area contributed by atoms with E-state index in [1.807, 2.05) is 30.3 Å². The lowest BCUT2D eigenvalue weighted by Gasteiger charge is -2.14. The lowest BCUT2D eigenvalue weighted by atomic mass is 9.86. The predicted octanol–water partition coefficient (Wildman–Crippen LogP) is 7.46. The molecule has 0 fully saturated rings. The van der Waals surface area contributed by atoms with Crippen LogP contribution < -0.4 is 19.8 Å². The molecule has 3 N–H and O–H groups in total. The predicted molar refractivity (Wildman–Crippen MR) is 201 cm³/mol. The van der Waals surface area contributed by atoms with Gasteiger partial charge in [0.1, 0.15) is 22.9 Å². The monoisotopic (exact) mass is 718 g/mol. The molecule has 6 aromatic rings. The number of ether oxygens (including phenoxy) is 5. The number of nitrogens with zero attached hydrogens (tertiary/aromatic N) is 1. The van der Waals surface area contributed by atoms with Crippen LogP contribution in [-0.2, 0) is 20.3 Å². The number of hydrogen-bond donors (Lipinski definition) is 3. The average molecular weight is 719 g/mol. The second-order valence-corrected chi connectivity index (χ2v) is 14.2. The molecule has 0 aliphatic carbocycles. The molecule has 8 rings (SSSR count). The molecule has 0 amide bonds. The van der Waals surface area contributed by atoms with Crippen molar-refractivity contribution in [2.45, 2.75) is 52.4 Å². The highest BCUT2D eigenvalue weighted by Crippen LogP contribution is 2.49. The van der Waals surface area contributed by atoms with Crippen molar-refractivity contribution in [3.8, 4) is 39.6 Å². The van der Waals surface area contributed by atoms with Gasteiger partial charge in [-0.15, -0.1) is 0 Å². The largest absolute Gasteiger partial charge is 0.492 e. The minimum absolute atomic E-state index is 0.0961. The van der Waals surface area contributed by atoms with Gasteiger partial charge < -0.3 is 38.6 Å². The Morgan fingerprint density at radius 3 is 1.75 bits per heavy atom. The molecule has 4 aromatic heterocycles. The van der Waals surface area contributed by atoms with Crippen molar-refractivity contribution < 1.29 is 33.3 Å². The van der Waals surface area contributed by atoms with E-state index in [2.05, 4.69) is 53.7 Å². The number of pyridine rings is 2. The molecular weight excluding hydrogens is 676 g/mol. The van der Waals surface area contributed by atoms with Crippen LogP contribution in [0.15, 0.2) is 65.7 Å². The van der Waals surface area contributed by atoms with Crippen LogP contribution in [-0.4, -0.2) is 65.4 Å². The summed E-state index contributed by atoms with van der Waals surface area (Å²) in [5, 5.41) is 1.60. The summed E-state index contributed by atoms with van der Waals surface area (Å²) in [6.45, 7) is 13.7. The van der Waals surface area contributed by atoms with Gasteiger partial charge in [-0.1, -0.05) is 39.8 Å². The third-order valence-corrected chi connectivity index (χ3v) is 9.73. The standard InChI is InChI=1S/C21H22N2O4.C20H20N2O4/c1-5-26-20(24)17-15(12-7-6-10-22-19(12)25-4)16-14(23-17)9-8-13-18(16)27-11-21(13,2)3;1-4-25-19(24)16-14(11-6-5-9-21-18(11)23)15-13(22-16)8-7-12-17(15)26-10-20(12,2)3/h6-10,23H,5,11H2,1-4H3;5-9,22H,4,10H2,1-3H3,(H,21,23). The quantitative estimate of drug-likeness (QED) is 0.143. The summed E-state index contributed by atoms with van der Waals surface area (Å²) in [6.07, 6.45) is 3.22. The van der Waals surface area contributed by atoms with Crippen molar-refractivity contribution in [3.63, 3.8) is 0 Å². The zero-order chi connectivity index (χ0) is 37.7. The number of carbonyl (C=O) groups excluding carboxylic acids is 2. The number of aromatic amines is 3. The van der Waals surface area contributed by atoms with E-state index in [1.54, 1.807) is 45.5 Å². The molecule has 0 bridgehead atoms. The number of fused-ring (bicyclic) bond motifs is 6. The molecule has 2 aliphatic rings. The fourth-order valence-electron chi connectivity index (χ4n) is 7.15. The van der Waals surface area contributed by atoms with Crippen molar-refractivity contribution in [1.29, 1.82) is 0 Å². The number of H-pyrrole nitrogens is 3. The van der Waals surface area contributed by atoms with Crippen LogP contribution in [0, 0.1) is 0 Å². The number of nitrogens with one attached hydrogen (secondary N) is 3. The number of carbonyl (C=O) groups is 2. The Morgan fingerprint density at radius 1 is 0.755 bits per heavy atom. The summed E-state index contributed by atoms with van der Waals surface area (Å²) in [5.41, 5.74) is 6.22. The summed E-state index contributed by atoms with van der Waals surface area (Å²) in [5.74, 6) is 1.05. The van der Waals surface area contributed by atoms with Crippen molar-refractivity contribution in [3.05, 3.63) is 93.8 Å². The van der Waals surface area contributed by atoms with E-state index in [9.17, 15) is 14.4 Å². The molecule has 0 spiro atoms. The fourth-order valence-corrected chi connectivity index (χ4v) is 7.15. The third-order valence-electron chi connectivity index (χ3n) is 9.73. The van der Waals surface area contributed by atoms with Gasteiger partial charge in [0.25, 0.3) is 5.56 Å². The van der Waals surface area contributed by atoms with Gasteiger partial charge in [0.15, 0.2) is 0 Å². The Kier molecular flexibility index (Phi) is 9.01. The molecule has 0 radical (unpaired) electrons. The number of rotatable bonds is 7. The van der Waals surface area contributed by atoms with Gasteiger partial charge in [-0.25, -0.2) is 14.6 Å². The molecule has 0 atom stereocenters. The van der Waals surface area contributed by atoms with E-state index in [0.29, 0.717) is 48.1 Å². The van der Waals surface area contributed by atoms with Gasteiger partial charge in [-0.05, 0) is 50.2 Å². The first-order chi connectivity index (χ1) is 25.4. The number of hydrogen-bond acceptors (Lipinski definition) is 9. The first kappa shape index (κ1) is 35.4. The Bertz CT molecular complexity index is 2450. The second kappa shape index (κ2) is 13.5. The smallest absolute Gasteiger partial charge is 0.355 e.